The smallest absolute Gasteiger partial charge is 0.161 e. The number of ketones is 1. The summed E-state index contributed by atoms with van der Waals surface area (Å²) in [4.78, 5) is 13.6. The van der Waals surface area contributed by atoms with Crippen LogP contribution in [0.5, 0.6) is 0 Å². The molecule has 0 N–H and O–H groups in total. The fraction of sp³-hybridized carbons (Fsp3) is 0.545. The van der Waals surface area contributed by atoms with Gasteiger partial charge in [0.2, 0.25) is 0 Å². The summed E-state index contributed by atoms with van der Waals surface area (Å²) in [5.74, 6) is 0.180. The van der Waals surface area contributed by atoms with Gasteiger partial charge in [0, 0.05) is 23.9 Å². The van der Waals surface area contributed by atoms with Crippen LogP contribution in [0.3, 0.4) is 0 Å². The standard InChI is InChI=1S/C11H15NO/c1-8-11(9(2)13)6-5-10-4-3-7-12(8)10/h5-6,10H,3-4,7H2,1-2H3. The van der Waals surface area contributed by atoms with Crippen molar-refractivity contribution in [3.8, 4) is 0 Å². The maximum atomic E-state index is 11.3. The molecule has 2 rings (SSSR count). The molecule has 1 fully saturated rings. The molecule has 0 aromatic carbocycles. The number of carbonyl (C=O) groups is 1. The van der Waals surface area contributed by atoms with Gasteiger partial charge in [0.25, 0.3) is 0 Å². The van der Waals surface area contributed by atoms with Crippen LogP contribution in [0, 0.1) is 0 Å². The molecule has 0 aromatic heterocycles. The number of allylic oxidation sites excluding steroid dienone is 3. The Kier molecular flexibility index (Phi) is 1.98. The van der Waals surface area contributed by atoms with Gasteiger partial charge in [0.1, 0.15) is 0 Å². The zero-order valence-electron chi connectivity index (χ0n) is 8.21. The van der Waals surface area contributed by atoms with Crippen LogP contribution in [0.15, 0.2) is 23.4 Å². The Bertz CT molecular complexity index is 301. The number of fused-ring (bicyclic) bond motifs is 1. The van der Waals surface area contributed by atoms with Gasteiger partial charge in [0.15, 0.2) is 5.78 Å². The van der Waals surface area contributed by atoms with E-state index >= 15 is 0 Å². The Morgan fingerprint density at radius 1 is 1.62 bits per heavy atom. The Balaban J connectivity index is 2.34. The first-order valence-electron chi connectivity index (χ1n) is 4.87. The van der Waals surface area contributed by atoms with Gasteiger partial charge in [-0.05, 0) is 26.7 Å². The number of hydrogen-bond donors (Lipinski definition) is 0. The third-order valence-electron chi connectivity index (χ3n) is 2.98. The molecule has 0 aromatic rings. The molecule has 0 aliphatic carbocycles. The summed E-state index contributed by atoms with van der Waals surface area (Å²) in [7, 11) is 0. The minimum Gasteiger partial charge on any atom is -0.368 e. The molecule has 0 saturated carbocycles. The Hall–Kier alpha value is -1.05. The fourth-order valence-electron chi connectivity index (χ4n) is 2.26. The zero-order chi connectivity index (χ0) is 9.42. The van der Waals surface area contributed by atoms with E-state index in [0.29, 0.717) is 6.04 Å². The van der Waals surface area contributed by atoms with Crippen molar-refractivity contribution in [2.45, 2.75) is 32.7 Å². The highest BCUT2D eigenvalue weighted by molar-refractivity contribution is 5.97. The highest BCUT2D eigenvalue weighted by Crippen LogP contribution is 2.29. The predicted molar refractivity (Wildman–Crippen MR) is 52.2 cm³/mol. The molecule has 0 bridgehead atoms. The lowest BCUT2D eigenvalue weighted by Crippen LogP contribution is -2.30. The lowest BCUT2D eigenvalue weighted by molar-refractivity contribution is -0.113. The predicted octanol–water partition coefficient (Wildman–Crippen LogP) is 1.88. The van der Waals surface area contributed by atoms with Crippen LogP contribution >= 0.6 is 0 Å². The topological polar surface area (TPSA) is 20.3 Å². The average Bonchev–Trinajstić information content (AvgIpc) is 2.52. The maximum absolute atomic E-state index is 11.3. The van der Waals surface area contributed by atoms with Crippen LogP contribution in [-0.4, -0.2) is 23.3 Å². The molecule has 2 heteroatoms. The lowest BCUT2D eigenvalue weighted by atomic mass is 10.0. The summed E-state index contributed by atoms with van der Waals surface area (Å²) in [6, 6.07) is 0.558. The monoisotopic (exact) mass is 177 g/mol. The van der Waals surface area contributed by atoms with Crippen LogP contribution in [-0.2, 0) is 4.79 Å². The van der Waals surface area contributed by atoms with Crippen molar-refractivity contribution < 1.29 is 4.79 Å². The van der Waals surface area contributed by atoms with Crippen LogP contribution in [0.25, 0.3) is 0 Å². The third kappa shape index (κ3) is 1.30. The van der Waals surface area contributed by atoms with E-state index in [1.165, 1.54) is 12.8 Å². The number of carbonyl (C=O) groups excluding carboxylic acids is 1. The number of nitrogens with zero attached hydrogens (tertiary/aromatic N) is 1. The summed E-state index contributed by atoms with van der Waals surface area (Å²) in [5, 5.41) is 0. The third-order valence-corrected chi connectivity index (χ3v) is 2.98. The van der Waals surface area contributed by atoms with Crippen molar-refractivity contribution in [3.05, 3.63) is 23.4 Å². The molecule has 0 radical (unpaired) electrons. The molecule has 1 saturated heterocycles. The summed E-state index contributed by atoms with van der Waals surface area (Å²) < 4.78 is 0. The van der Waals surface area contributed by atoms with E-state index in [0.717, 1.165) is 17.8 Å². The first-order valence-corrected chi connectivity index (χ1v) is 4.87. The SMILES string of the molecule is CC(=O)C1=C(C)N2CCCC2C=C1. The quantitative estimate of drug-likeness (QED) is 0.609. The van der Waals surface area contributed by atoms with E-state index in [4.69, 9.17) is 0 Å². The van der Waals surface area contributed by atoms with E-state index in [1.807, 2.05) is 6.08 Å². The highest BCUT2D eigenvalue weighted by atomic mass is 16.1. The molecule has 13 heavy (non-hydrogen) atoms. The van der Waals surface area contributed by atoms with Crippen molar-refractivity contribution in [2.75, 3.05) is 6.54 Å². The lowest BCUT2D eigenvalue weighted by Gasteiger charge is -2.29. The summed E-state index contributed by atoms with van der Waals surface area (Å²) in [6.45, 7) is 4.80. The molecule has 1 atom stereocenters. The van der Waals surface area contributed by atoms with Crippen molar-refractivity contribution in [1.29, 1.82) is 0 Å². The molecule has 70 valence electrons. The Morgan fingerprint density at radius 2 is 2.38 bits per heavy atom. The largest absolute Gasteiger partial charge is 0.368 e. The van der Waals surface area contributed by atoms with Crippen LogP contribution in [0.4, 0.5) is 0 Å². The fourth-order valence-corrected chi connectivity index (χ4v) is 2.26. The van der Waals surface area contributed by atoms with E-state index in [2.05, 4.69) is 17.9 Å². The second-order valence-electron chi connectivity index (χ2n) is 3.82. The van der Waals surface area contributed by atoms with Crippen molar-refractivity contribution in [2.24, 2.45) is 0 Å². The van der Waals surface area contributed by atoms with Crippen LogP contribution in [0.2, 0.25) is 0 Å². The Labute approximate surface area is 78.9 Å². The summed E-state index contributed by atoms with van der Waals surface area (Å²) >= 11 is 0. The number of hydrogen-bond acceptors (Lipinski definition) is 2. The van der Waals surface area contributed by atoms with Gasteiger partial charge in [-0.15, -0.1) is 0 Å². The van der Waals surface area contributed by atoms with Gasteiger partial charge in [-0.3, -0.25) is 4.79 Å². The van der Waals surface area contributed by atoms with Gasteiger partial charge < -0.3 is 4.90 Å². The van der Waals surface area contributed by atoms with Crippen molar-refractivity contribution >= 4 is 5.78 Å². The molecular formula is C11H15NO. The zero-order valence-corrected chi connectivity index (χ0v) is 8.21. The summed E-state index contributed by atoms with van der Waals surface area (Å²) in [5.41, 5.74) is 2.05. The van der Waals surface area contributed by atoms with Crippen LogP contribution in [0.1, 0.15) is 26.7 Å². The maximum Gasteiger partial charge on any atom is 0.161 e. The Morgan fingerprint density at radius 3 is 3.08 bits per heavy atom. The molecule has 1 unspecified atom stereocenters. The molecule has 2 heterocycles. The van der Waals surface area contributed by atoms with E-state index < -0.39 is 0 Å². The molecule has 2 nitrogen and oxygen atoms in total. The minimum atomic E-state index is 0.180. The van der Waals surface area contributed by atoms with E-state index in [-0.39, 0.29) is 5.78 Å². The molecule has 0 spiro atoms. The number of Topliss-reactive ketones (excluding diaryl/α,β-unsaturated/α-hetero) is 1. The van der Waals surface area contributed by atoms with E-state index in [1.54, 1.807) is 6.92 Å². The van der Waals surface area contributed by atoms with Gasteiger partial charge in [-0.1, -0.05) is 12.2 Å². The second kappa shape index (κ2) is 3.02. The van der Waals surface area contributed by atoms with Gasteiger partial charge in [-0.25, -0.2) is 0 Å². The highest BCUT2D eigenvalue weighted by Gasteiger charge is 2.27. The first kappa shape index (κ1) is 8.54. The molecule has 0 amide bonds. The van der Waals surface area contributed by atoms with Gasteiger partial charge in [-0.2, -0.15) is 0 Å². The molecule has 2 aliphatic rings. The summed E-state index contributed by atoms with van der Waals surface area (Å²) in [6.07, 6.45) is 6.64. The second-order valence-corrected chi connectivity index (χ2v) is 3.82. The van der Waals surface area contributed by atoms with Crippen molar-refractivity contribution in [3.63, 3.8) is 0 Å². The van der Waals surface area contributed by atoms with Crippen molar-refractivity contribution in [1.82, 2.24) is 4.90 Å². The van der Waals surface area contributed by atoms with Gasteiger partial charge in [0.05, 0.1) is 0 Å². The van der Waals surface area contributed by atoms with E-state index in [9.17, 15) is 4.79 Å². The normalized spacial score (nSPS) is 26.6. The first-order chi connectivity index (χ1) is 6.20. The van der Waals surface area contributed by atoms with Gasteiger partial charge >= 0.3 is 0 Å². The number of rotatable bonds is 1. The average molecular weight is 177 g/mol. The van der Waals surface area contributed by atoms with Crippen LogP contribution < -0.4 is 0 Å². The molecule has 2 aliphatic heterocycles. The molecular weight excluding hydrogens is 162 g/mol. The minimum absolute atomic E-state index is 0.180.